The van der Waals surface area contributed by atoms with Gasteiger partial charge in [-0.1, -0.05) is 17.7 Å². The number of aromatic nitrogens is 1. The van der Waals surface area contributed by atoms with Crippen molar-refractivity contribution >= 4 is 28.6 Å². The third-order valence-corrected chi connectivity index (χ3v) is 5.24. The van der Waals surface area contributed by atoms with E-state index in [1.54, 1.807) is 17.4 Å². The average Bonchev–Trinajstić information content (AvgIpc) is 3.26. The molecule has 0 atom stereocenters. The van der Waals surface area contributed by atoms with Crippen LogP contribution in [0.15, 0.2) is 48.0 Å². The zero-order valence-corrected chi connectivity index (χ0v) is 13.5. The summed E-state index contributed by atoms with van der Waals surface area (Å²) in [6.45, 7) is 0. The molecule has 1 fully saturated rings. The molecule has 3 aromatic rings. The molecule has 2 heterocycles. The highest BCUT2D eigenvalue weighted by molar-refractivity contribution is 7.14. The van der Waals surface area contributed by atoms with E-state index in [4.69, 9.17) is 17.3 Å². The largest absolute Gasteiger partial charge is 0.399 e. The van der Waals surface area contributed by atoms with Crippen LogP contribution in [-0.4, -0.2) is 4.98 Å². The molecule has 4 rings (SSSR count). The molecule has 1 saturated carbocycles. The molecule has 0 aliphatic heterocycles. The first-order valence-corrected chi connectivity index (χ1v) is 8.57. The van der Waals surface area contributed by atoms with E-state index in [2.05, 4.69) is 28.6 Å². The summed E-state index contributed by atoms with van der Waals surface area (Å²) in [5, 5.41) is 2.87. The maximum Gasteiger partial charge on any atom is 0.0513 e. The van der Waals surface area contributed by atoms with E-state index < -0.39 is 0 Å². The lowest BCUT2D eigenvalue weighted by molar-refractivity contribution is 1.02. The number of anilines is 1. The van der Waals surface area contributed by atoms with Gasteiger partial charge in [0.2, 0.25) is 0 Å². The second kappa shape index (κ2) is 5.41. The zero-order chi connectivity index (χ0) is 15.1. The topological polar surface area (TPSA) is 38.9 Å². The second-order valence-electron chi connectivity index (χ2n) is 5.68. The van der Waals surface area contributed by atoms with Gasteiger partial charge in [-0.3, -0.25) is 4.98 Å². The monoisotopic (exact) mass is 326 g/mol. The van der Waals surface area contributed by atoms with Crippen molar-refractivity contribution in [2.75, 3.05) is 5.73 Å². The van der Waals surface area contributed by atoms with Crippen LogP contribution in [0, 0.1) is 0 Å². The molecule has 22 heavy (non-hydrogen) atoms. The standard InChI is InChI=1S/C18H15ClN2S/c19-16-9-14(20)3-4-15(16)18-8-13(10-22-18)12-5-6-21-17(7-12)11-1-2-11/h3-11H,1-2,20H2. The Bertz CT molecular complexity index is 837. The molecular weight excluding hydrogens is 312 g/mol. The van der Waals surface area contributed by atoms with Crippen molar-refractivity contribution < 1.29 is 0 Å². The maximum absolute atomic E-state index is 6.31. The molecule has 0 spiro atoms. The van der Waals surface area contributed by atoms with Gasteiger partial charge < -0.3 is 5.73 Å². The lowest BCUT2D eigenvalue weighted by atomic mass is 10.1. The van der Waals surface area contributed by atoms with E-state index in [1.165, 1.54) is 29.7 Å². The SMILES string of the molecule is Nc1ccc(-c2cc(-c3ccnc(C4CC4)c3)cs2)c(Cl)c1. The fourth-order valence-electron chi connectivity index (χ4n) is 2.59. The third-order valence-electron chi connectivity index (χ3n) is 3.97. The number of halogens is 1. The zero-order valence-electron chi connectivity index (χ0n) is 11.9. The Morgan fingerprint density at radius 2 is 1.95 bits per heavy atom. The Hall–Kier alpha value is -1.84. The molecule has 4 heteroatoms. The number of pyridine rings is 1. The quantitative estimate of drug-likeness (QED) is 0.637. The van der Waals surface area contributed by atoms with Crippen LogP contribution in [0.1, 0.15) is 24.5 Å². The van der Waals surface area contributed by atoms with E-state index in [0.717, 1.165) is 10.4 Å². The van der Waals surface area contributed by atoms with Crippen molar-refractivity contribution in [1.29, 1.82) is 0 Å². The first-order valence-electron chi connectivity index (χ1n) is 7.31. The van der Waals surface area contributed by atoms with Crippen molar-refractivity contribution in [1.82, 2.24) is 4.98 Å². The number of rotatable bonds is 3. The minimum absolute atomic E-state index is 0.671. The molecule has 2 N–H and O–H groups in total. The van der Waals surface area contributed by atoms with Gasteiger partial charge in [0.05, 0.1) is 5.02 Å². The Balaban J connectivity index is 1.70. The number of thiophene rings is 1. The van der Waals surface area contributed by atoms with E-state index >= 15 is 0 Å². The van der Waals surface area contributed by atoms with Gasteiger partial charge in [0, 0.05) is 33.9 Å². The van der Waals surface area contributed by atoms with Crippen molar-refractivity contribution in [2.24, 2.45) is 0 Å². The first kappa shape index (κ1) is 13.8. The molecule has 1 aliphatic rings. The minimum Gasteiger partial charge on any atom is -0.399 e. The van der Waals surface area contributed by atoms with E-state index in [1.807, 2.05) is 18.3 Å². The molecule has 1 aliphatic carbocycles. The Morgan fingerprint density at radius 3 is 2.73 bits per heavy atom. The van der Waals surface area contributed by atoms with Gasteiger partial charge in [-0.2, -0.15) is 0 Å². The summed E-state index contributed by atoms with van der Waals surface area (Å²) in [7, 11) is 0. The fraction of sp³-hybridized carbons (Fsp3) is 0.167. The smallest absolute Gasteiger partial charge is 0.0513 e. The average molecular weight is 327 g/mol. The van der Waals surface area contributed by atoms with Crippen LogP contribution in [0.25, 0.3) is 21.6 Å². The van der Waals surface area contributed by atoms with Gasteiger partial charge in [0.15, 0.2) is 0 Å². The van der Waals surface area contributed by atoms with Crippen LogP contribution in [0.2, 0.25) is 5.02 Å². The van der Waals surface area contributed by atoms with Crippen LogP contribution in [-0.2, 0) is 0 Å². The number of hydrogen-bond acceptors (Lipinski definition) is 3. The summed E-state index contributed by atoms with van der Waals surface area (Å²) in [4.78, 5) is 5.64. The molecule has 0 radical (unpaired) electrons. The molecule has 2 nitrogen and oxygen atoms in total. The van der Waals surface area contributed by atoms with Crippen molar-refractivity contribution in [3.05, 3.63) is 58.7 Å². The third kappa shape index (κ3) is 2.62. The second-order valence-corrected chi connectivity index (χ2v) is 7.00. The molecule has 1 aromatic carbocycles. The maximum atomic E-state index is 6.31. The van der Waals surface area contributed by atoms with E-state index in [0.29, 0.717) is 16.6 Å². The van der Waals surface area contributed by atoms with Crippen LogP contribution in [0.4, 0.5) is 5.69 Å². The fourth-order valence-corrected chi connectivity index (χ4v) is 3.90. The number of benzene rings is 1. The molecule has 0 amide bonds. The number of hydrogen-bond donors (Lipinski definition) is 1. The molecule has 0 saturated heterocycles. The highest BCUT2D eigenvalue weighted by Crippen LogP contribution is 2.41. The Kier molecular flexibility index (Phi) is 3.40. The first-order chi connectivity index (χ1) is 10.7. The van der Waals surface area contributed by atoms with Gasteiger partial charge in [-0.05, 0) is 59.7 Å². The summed E-state index contributed by atoms with van der Waals surface area (Å²) in [6.07, 6.45) is 4.45. The van der Waals surface area contributed by atoms with Crippen LogP contribution in [0.5, 0.6) is 0 Å². The van der Waals surface area contributed by atoms with Gasteiger partial charge in [-0.25, -0.2) is 0 Å². The van der Waals surface area contributed by atoms with Gasteiger partial charge in [0.25, 0.3) is 0 Å². The molecule has 2 aromatic heterocycles. The number of nitrogens with zero attached hydrogens (tertiary/aromatic N) is 1. The minimum atomic E-state index is 0.671. The summed E-state index contributed by atoms with van der Waals surface area (Å²) in [5.74, 6) is 0.671. The van der Waals surface area contributed by atoms with Crippen molar-refractivity contribution in [2.45, 2.75) is 18.8 Å². The van der Waals surface area contributed by atoms with Gasteiger partial charge in [0.1, 0.15) is 0 Å². The summed E-state index contributed by atoms with van der Waals surface area (Å²) in [5.41, 5.74) is 11.2. The van der Waals surface area contributed by atoms with Crippen molar-refractivity contribution in [3.63, 3.8) is 0 Å². The normalized spacial score (nSPS) is 14.2. The van der Waals surface area contributed by atoms with Crippen LogP contribution < -0.4 is 5.73 Å². The molecule has 0 unspecified atom stereocenters. The molecule has 0 bridgehead atoms. The van der Waals surface area contributed by atoms with Crippen LogP contribution in [0.3, 0.4) is 0 Å². The van der Waals surface area contributed by atoms with Gasteiger partial charge >= 0.3 is 0 Å². The lowest BCUT2D eigenvalue weighted by Crippen LogP contribution is -1.86. The highest BCUT2D eigenvalue weighted by Gasteiger charge is 2.25. The van der Waals surface area contributed by atoms with E-state index in [-0.39, 0.29) is 0 Å². The molecule has 110 valence electrons. The number of nitrogen functional groups attached to an aromatic ring is 1. The predicted octanol–water partition coefficient (Wildman–Crippen LogP) is 5.59. The van der Waals surface area contributed by atoms with Gasteiger partial charge in [-0.15, -0.1) is 11.3 Å². The highest BCUT2D eigenvalue weighted by atomic mass is 35.5. The summed E-state index contributed by atoms with van der Waals surface area (Å²) < 4.78 is 0. The van der Waals surface area contributed by atoms with Crippen LogP contribution >= 0.6 is 22.9 Å². The Morgan fingerprint density at radius 1 is 1.09 bits per heavy atom. The predicted molar refractivity (Wildman–Crippen MR) is 94.4 cm³/mol. The summed E-state index contributed by atoms with van der Waals surface area (Å²) in [6, 6.07) is 12.1. The van der Waals surface area contributed by atoms with E-state index in [9.17, 15) is 0 Å². The Labute approximate surface area is 138 Å². The summed E-state index contributed by atoms with van der Waals surface area (Å²) >= 11 is 8.01. The van der Waals surface area contributed by atoms with Crippen molar-refractivity contribution in [3.8, 4) is 21.6 Å². The lowest BCUT2D eigenvalue weighted by Gasteiger charge is -2.03. The number of nitrogens with two attached hydrogens (primary N) is 1. The molecular formula is C18H15ClN2S.